The third kappa shape index (κ3) is 4.01. The molecule has 0 radical (unpaired) electrons. The minimum Gasteiger partial charge on any atom is -0.288 e. The second-order valence-electron chi connectivity index (χ2n) is 9.04. The Labute approximate surface area is 191 Å². The molecule has 0 spiro atoms. The predicted octanol–water partition coefficient (Wildman–Crippen LogP) is 4.87. The van der Waals surface area contributed by atoms with Crippen molar-refractivity contribution in [1.82, 2.24) is 9.21 Å². The third-order valence-corrected chi connectivity index (χ3v) is 8.97. The summed E-state index contributed by atoms with van der Waals surface area (Å²) in [5, 5.41) is 0. The third-order valence-electron chi connectivity index (χ3n) is 7.09. The average Bonchev–Trinajstić information content (AvgIpc) is 3.24. The first-order valence-electron chi connectivity index (χ1n) is 11.5. The molecule has 0 bridgehead atoms. The van der Waals surface area contributed by atoms with Gasteiger partial charge in [-0.25, -0.2) is 8.42 Å². The maximum Gasteiger partial charge on any atom is 0.243 e. The molecule has 0 aliphatic carbocycles. The van der Waals surface area contributed by atoms with E-state index in [2.05, 4.69) is 65.6 Å². The summed E-state index contributed by atoms with van der Waals surface area (Å²) in [6, 6.07) is 28.8. The summed E-state index contributed by atoms with van der Waals surface area (Å²) < 4.78 is 28.5. The summed E-state index contributed by atoms with van der Waals surface area (Å²) in [6.45, 7) is 4.12. The molecule has 2 aliphatic rings. The van der Waals surface area contributed by atoms with Crippen molar-refractivity contribution in [3.63, 3.8) is 0 Å². The van der Waals surface area contributed by atoms with Crippen molar-refractivity contribution in [2.75, 3.05) is 19.6 Å². The normalized spacial score (nSPS) is 22.2. The molecule has 5 heteroatoms. The van der Waals surface area contributed by atoms with Crippen LogP contribution in [0.15, 0.2) is 89.8 Å². The average molecular weight is 447 g/mol. The number of nitrogens with zero attached hydrogens (tertiary/aromatic N) is 2. The Morgan fingerprint density at radius 3 is 1.94 bits per heavy atom. The van der Waals surface area contributed by atoms with Gasteiger partial charge in [-0.2, -0.15) is 4.31 Å². The fraction of sp³-hybridized carbons (Fsp3) is 0.333. The summed E-state index contributed by atoms with van der Waals surface area (Å²) in [6.07, 6.45) is 2.04. The van der Waals surface area contributed by atoms with Crippen molar-refractivity contribution >= 4 is 10.0 Å². The summed E-state index contributed by atoms with van der Waals surface area (Å²) >= 11 is 0. The highest BCUT2D eigenvalue weighted by atomic mass is 32.2. The van der Waals surface area contributed by atoms with Crippen LogP contribution in [0.1, 0.15) is 35.6 Å². The molecule has 4 nitrogen and oxygen atoms in total. The summed E-state index contributed by atoms with van der Waals surface area (Å²) in [5.74, 6) is 0.536. The van der Waals surface area contributed by atoms with Gasteiger partial charge in [-0.15, -0.1) is 0 Å². The lowest BCUT2D eigenvalue weighted by Crippen LogP contribution is -2.50. The molecule has 0 aromatic heterocycles. The van der Waals surface area contributed by atoms with Gasteiger partial charge in [-0.3, -0.25) is 4.90 Å². The van der Waals surface area contributed by atoms with Gasteiger partial charge in [0.05, 0.1) is 10.9 Å². The van der Waals surface area contributed by atoms with E-state index >= 15 is 0 Å². The fourth-order valence-electron chi connectivity index (χ4n) is 5.39. The van der Waals surface area contributed by atoms with Crippen LogP contribution in [-0.2, 0) is 10.0 Å². The molecule has 0 amide bonds. The van der Waals surface area contributed by atoms with Crippen molar-refractivity contribution in [3.8, 4) is 0 Å². The number of sulfonamides is 1. The molecule has 2 saturated heterocycles. The van der Waals surface area contributed by atoms with Gasteiger partial charge in [-0.05, 0) is 55.5 Å². The molecule has 3 aromatic carbocycles. The van der Waals surface area contributed by atoms with Crippen molar-refractivity contribution in [2.45, 2.75) is 36.7 Å². The Morgan fingerprint density at radius 2 is 1.34 bits per heavy atom. The Balaban J connectivity index is 1.46. The summed E-state index contributed by atoms with van der Waals surface area (Å²) in [4.78, 5) is 2.94. The Hall–Kier alpha value is -2.47. The first-order valence-corrected chi connectivity index (χ1v) is 12.9. The monoisotopic (exact) mass is 446 g/mol. The van der Waals surface area contributed by atoms with E-state index < -0.39 is 10.0 Å². The van der Waals surface area contributed by atoms with E-state index in [0.29, 0.717) is 23.9 Å². The lowest BCUT2D eigenvalue weighted by molar-refractivity contribution is 0.127. The summed E-state index contributed by atoms with van der Waals surface area (Å²) in [5.41, 5.74) is 3.59. The number of rotatable bonds is 5. The zero-order valence-corrected chi connectivity index (χ0v) is 19.3. The molecule has 5 rings (SSSR count). The van der Waals surface area contributed by atoms with E-state index in [-0.39, 0.29) is 12.1 Å². The number of likely N-dealkylation sites (tertiary alicyclic amines) is 1. The molecular weight excluding hydrogens is 416 g/mol. The molecule has 2 heterocycles. The van der Waals surface area contributed by atoms with E-state index in [1.165, 1.54) is 11.1 Å². The van der Waals surface area contributed by atoms with E-state index in [1.54, 1.807) is 16.4 Å². The number of hydrogen-bond donors (Lipinski definition) is 0. The molecule has 2 fully saturated rings. The highest BCUT2D eigenvalue weighted by molar-refractivity contribution is 7.89. The van der Waals surface area contributed by atoms with Crippen LogP contribution < -0.4 is 0 Å². The molecule has 2 aliphatic heterocycles. The molecule has 32 heavy (non-hydrogen) atoms. The van der Waals surface area contributed by atoms with Crippen LogP contribution in [0.5, 0.6) is 0 Å². The first-order chi connectivity index (χ1) is 15.5. The quantitative estimate of drug-likeness (QED) is 0.561. The van der Waals surface area contributed by atoms with Gasteiger partial charge in [0, 0.05) is 19.1 Å². The Morgan fingerprint density at radius 1 is 0.781 bits per heavy atom. The van der Waals surface area contributed by atoms with Gasteiger partial charge in [0.15, 0.2) is 0 Å². The lowest BCUT2D eigenvalue weighted by Gasteiger charge is -2.41. The van der Waals surface area contributed by atoms with Gasteiger partial charge in [-0.1, -0.05) is 78.4 Å². The predicted molar refractivity (Wildman–Crippen MR) is 128 cm³/mol. The zero-order chi connectivity index (χ0) is 22.1. The maximum atomic E-state index is 13.4. The van der Waals surface area contributed by atoms with Crippen LogP contribution in [0.25, 0.3) is 0 Å². The lowest BCUT2D eigenvalue weighted by atomic mass is 9.91. The van der Waals surface area contributed by atoms with E-state index in [9.17, 15) is 8.42 Å². The minimum absolute atomic E-state index is 0.134. The second kappa shape index (κ2) is 8.81. The van der Waals surface area contributed by atoms with Crippen molar-refractivity contribution in [2.24, 2.45) is 5.92 Å². The number of piperidine rings is 1. The maximum absolute atomic E-state index is 13.4. The van der Waals surface area contributed by atoms with Crippen molar-refractivity contribution in [3.05, 3.63) is 102 Å². The van der Waals surface area contributed by atoms with Gasteiger partial charge >= 0.3 is 0 Å². The van der Waals surface area contributed by atoms with Crippen LogP contribution >= 0.6 is 0 Å². The minimum atomic E-state index is -3.49. The van der Waals surface area contributed by atoms with Crippen molar-refractivity contribution in [1.29, 1.82) is 0 Å². The molecule has 2 atom stereocenters. The second-order valence-corrected chi connectivity index (χ2v) is 11.0. The highest BCUT2D eigenvalue weighted by Crippen LogP contribution is 2.41. The molecular formula is C27H30N2O2S. The van der Waals surface area contributed by atoms with E-state index in [0.717, 1.165) is 24.9 Å². The molecule has 2 unspecified atom stereocenters. The van der Waals surface area contributed by atoms with Gasteiger partial charge in [0.25, 0.3) is 0 Å². The number of benzene rings is 3. The molecule has 0 saturated carbocycles. The van der Waals surface area contributed by atoms with Crippen molar-refractivity contribution < 1.29 is 8.42 Å². The standard InChI is InChI=1S/C27H30N2O2S/c1-21-12-14-25(15-13-21)32(30,31)28-18-16-22-17-19-29(26(22)20-28)27(23-8-4-2-5-9-23)24-10-6-3-7-11-24/h2-15,22,26-27H,16-20H2,1H3. The van der Waals surface area contributed by atoms with Crippen LogP contribution in [0.2, 0.25) is 0 Å². The van der Waals surface area contributed by atoms with Gasteiger partial charge in [0.1, 0.15) is 0 Å². The number of hydrogen-bond acceptors (Lipinski definition) is 3. The number of fused-ring (bicyclic) bond motifs is 1. The zero-order valence-electron chi connectivity index (χ0n) is 18.5. The Kier molecular flexibility index (Phi) is 5.89. The fourth-order valence-corrected chi connectivity index (χ4v) is 6.86. The smallest absolute Gasteiger partial charge is 0.243 e. The van der Waals surface area contributed by atoms with Crippen LogP contribution in [0, 0.1) is 12.8 Å². The topological polar surface area (TPSA) is 40.6 Å². The van der Waals surface area contributed by atoms with Crippen LogP contribution in [-0.4, -0.2) is 43.3 Å². The SMILES string of the molecule is Cc1ccc(S(=O)(=O)N2CCC3CCN(C(c4ccccc4)c4ccccc4)C3C2)cc1. The molecule has 3 aromatic rings. The largest absolute Gasteiger partial charge is 0.288 e. The van der Waals surface area contributed by atoms with E-state index in [1.807, 2.05) is 19.1 Å². The number of aryl methyl sites for hydroxylation is 1. The van der Waals surface area contributed by atoms with Crippen LogP contribution in [0.3, 0.4) is 0 Å². The molecule has 166 valence electrons. The van der Waals surface area contributed by atoms with Gasteiger partial charge in [0.2, 0.25) is 10.0 Å². The molecule has 0 N–H and O–H groups in total. The highest BCUT2D eigenvalue weighted by Gasteiger charge is 2.44. The van der Waals surface area contributed by atoms with Crippen LogP contribution in [0.4, 0.5) is 0 Å². The summed E-state index contributed by atoms with van der Waals surface area (Å²) in [7, 11) is -3.49. The van der Waals surface area contributed by atoms with Gasteiger partial charge < -0.3 is 0 Å². The first kappa shape index (κ1) is 21.4. The van der Waals surface area contributed by atoms with E-state index in [4.69, 9.17) is 0 Å². The Bertz CT molecular complexity index is 1110.